The van der Waals surface area contributed by atoms with Crippen LogP contribution in [0.3, 0.4) is 0 Å². The Labute approximate surface area is 99.0 Å². The lowest BCUT2D eigenvalue weighted by Gasteiger charge is -2.14. The van der Waals surface area contributed by atoms with Gasteiger partial charge in [-0.1, -0.05) is 0 Å². The van der Waals surface area contributed by atoms with Crippen LogP contribution in [0.1, 0.15) is 12.8 Å². The van der Waals surface area contributed by atoms with Crippen molar-refractivity contribution >= 4 is 0 Å². The molecule has 3 rings (SSSR count). The van der Waals surface area contributed by atoms with Crippen LogP contribution in [-0.2, 0) is 0 Å². The molecule has 0 radical (unpaired) electrons. The molecule has 2 fully saturated rings. The average Bonchev–Trinajstić information content (AvgIpc) is 2.84. The number of hydrogen-bond donors (Lipinski definition) is 1. The molecule has 1 aliphatic carbocycles. The quantitative estimate of drug-likeness (QED) is 0.855. The van der Waals surface area contributed by atoms with Gasteiger partial charge in [-0.05, 0) is 49.9 Å². The van der Waals surface area contributed by atoms with E-state index >= 15 is 0 Å². The van der Waals surface area contributed by atoms with E-state index in [-0.39, 0.29) is 6.10 Å². The fourth-order valence-electron chi connectivity index (χ4n) is 2.95. The van der Waals surface area contributed by atoms with Crippen molar-refractivity contribution in [3.63, 3.8) is 0 Å². The Balaban J connectivity index is 1.65. The van der Waals surface area contributed by atoms with Crippen LogP contribution in [0.2, 0.25) is 0 Å². The monoisotopic (exact) mass is 239 g/mol. The predicted octanol–water partition coefficient (Wildman–Crippen LogP) is 2.34. The summed E-state index contributed by atoms with van der Waals surface area (Å²) in [4.78, 5) is 0. The second kappa shape index (κ2) is 4.26. The minimum atomic E-state index is -0.845. The molecule has 0 spiro atoms. The minimum Gasteiger partial charge on any atom is -0.490 e. The van der Waals surface area contributed by atoms with Crippen molar-refractivity contribution < 1.29 is 13.5 Å². The molecule has 17 heavy (non-hydrogen) atoms. The van der Waals surface area contributed by atoms with Gasteiger partial charge in [0.05, 0.1) is 6.10 Å². The number of fused-ring (bicyclic) bond motifs is 1. The number of ether oxygens (including phenoxy) is 1. The first-order chi connectivity index (χ1) is 8.22. The Morgan fingerprint density at radius 1 is 1.06 bits per heavy atom. The zero-order chi connectivity index (χ0) is 11.8. The second-order valence-corrected chi connectivity index (χ2v) is 4.97. The lowest BCUT2D eigenvalue weighted by Crippen LogP contribution is -2.18. The standard InChI is InChI=1S/C13H15F2NO/c14-12-2-1-10(5-13(12)15)17-11-3-8-6-16-7-9(8)4-11/h1-2,5,8-9,11,16H,3-4,6-7H2/t8-,9-/m1/s1. The Bertz CT molecular complexity index is 412. The fourth-order valence-corrected chi connectivity index (χ4v) is 2.95. The number of halogens is 2. The van der Waals surface area contributed by atoms with E-state index in [0.717, 1.165) is 38.1 Å². The van der Waals surface area contributed by atoms with Gasteiger partial charge < -0.3 is 10.1 Å². The van der Waals surface area contributed by atoms with E-state index in [4.69, 9.17) is 4.74 Å². The molecule has 92 valence electrons. The van der Waals surface area contributed by atoms with Gasteiger partial charge in [0.25, 0.3) is 0 Å². The number of nitrogens with one attached hydrogen (secondary N) is 1. The highest BCUT2D eigenvalue weighted by atomic mass is 19.2. The molecule has 0 unspecified atom stereocenters. The molecule has 1 aliphatic heterocycles. The van der Waals surface area contributed by atoms with Gasteiger partial charge in [0.15, 0.2) is 11.6 Å². The molecular formula is C13H15F2NO. The Morgan fingerprint density at radius 3 is 2.41 bits per heavy atom. The summed E-state index contributed by atoms with van der Waals surface area (Å²) < 4.78 is 31.5. The van der Waals surface area contributed by atoms with Crippen molar-refractivity contribution in [3.05, 3.63) is 29.8 Å². The van der Waals surface area contributed by atoms with Gasteiger partial charge >= 0.3 is 0 Å². The maximum Gasteiger partial charge on any atom is 0.162 e. The summed E-state index contributed by atoms with van der Waals surface area (Å²) in [5.41, 5.74) is 0. The van der Waals surface area contributed by atoms with Gasteiger partial charge in [-0.15, -0.1) is 0 Å². The van der Waals surface area contributed by atoms with E-state index in [1.807, 2.05) is 0 Å². The molecule has 0 aromatic heterocycles. The highest BCUT2D eigenvalue weighted by molar-refractivity contribution is 5.24. The molecular weight excluding hydrogens is 224 g/mol. The van der Waals surface area contributed by atoms with E-state index in [9.17, 15) is 8.78 Å². The summed E-state index contributed by atoms with van der Waals surface area (Å²) in [6, 6.07) is 3.73. The lowest BCUT2D eigenvalue weighted by atomic mass is 10.0. The zero-order valence-corrected chi connectivity index (χ0v) is 9.46. The SMILES string of the molecule is Fc1ccc(OC2C[C@@H]3CNC[C@H]3C2)cc1F. The number of benzene rings is 1. The van der Waals surface area contributed by atoms with E-state index in [1.165, 1.54) is 6.07 Å². The molecule has 1 saturated carbocycles. The Hall–Kier alpha value is -1.16. The average molecular weight is 239 g/mol. The molecule has 4 heteroatoms. The molecule has 2 nitrogen and oxygen atoms in total. The van der Waals surface area contributed by atoms with Crippen LogP contribution < -0.4 is 10.1 Å². The van der Waals surface area contributed by atoms with Crippen molar-refractivity contribution in [3.8, 4) is 5.75 Å². The first-order valence-electron chi connectivity index (χ1n) is 6.05. The third-order valence-electron chi connectivity index (χ3n) is 3.80. The Kier molecular flexibility index (Phi) is 2.74. The molecule has 1 saturated heterocycles. The molecule has 1 aromatic carbocycles. The van der Waals surface area contributed by atoms with E-state index in [0.29, 0.717) is 17.6 Å². The van der Waals surface area contributed by atoms with Crippen LogP contribution in [-0.4, -0.2) is 19.2 Å². The highest BCUT2D eigenvalue weighted by Crippen LogP contribution is 2.36. The van der Waals surface area contributed by atoms with Gasteiger partial charge in [0.2, 0.25) is 0 Å². The minimum absolute atomic E-state index is 0.150. The molecule has 1 N–H and O–H groups in total. The van der Waals surface area contributed by atoms with Crippen molar-refractivity contribution in [1.29, 1.82) is 0 Å². The maximum atomic E-state index is 13.0. The first-order valence-corrected chi connectivity index (χ1v) is 6.05. The summed E-state index contributed by atoms with van der Waals surface area (Å²) in [6.45, 7) is 2.12. The maximum absolute atomic E-state index is 13.0. The first kappa shape index (κ1) is 11.0. The second-order valence-electron chi connectivity index (χ2n) is 4.97. The van der Waals surface area contributed by atoms with Crippen LogP contribution in [0.25, 0.3) is 0 Å². The third kappa shape index (κ3) is 2.14. The van der Waals surface area contributed by atoms with Crippen molar-refractivity contribution in [2.45, 2.75) is 18.9 Å². The summed E-state index contributed by atoms with van der Waals surface area (Å²) in [6.07, 6.45) is 2.17. The van der Waals surface area contributed by atoms with Gasteiger partial charge in [-0.2, -0.15) is 0 Å². The van der Waals surface area contributed by atoms with E-state index in [1.54, 1.807) is 0 Å². The molecule has 1 heterocycles. The zero-order valence-electron chi connectivity index (χ0n) is 9.46. The molecule has 1 aromatic rings. The number of hydrogen-bond acceptors (Lipinski definition) is 2. The van der Waals surface area contributed by atoms with Gasteiger partial charge in [0.1, 0.15) is 5.75 Å². The summed E-state index contributed by atoms with van der Waals surface area (Å²) in [5.74, 6) is 0.129. The third-order valence-corrected chi connectivity index (χ3v) is 3.80. The van der Waals surface area contributed by atoms with Crippen LogP contribution in [0.15, 0.2) is 18.2 Å². The normalized spacial score (nSPS) is 28.4. The van der Waals surface area contributed by atoms with Crippen LogP contribution >= 0.6 is 0 Å². The molecule has 2 aliphatic rings. The van der Waals surface area contributed by atoms with Crippen molar-refractivity contribution in [2.75, 3.05) is 13.1 Å². The van der Waals surface area contributed by atoms with Gasteiger partial charge in [-0.25, -0.2) is 8.78 Å². The van der Waals surface area contributed by atoms with Gasteiger partial charge in [0, 0.05) is 6.07 Å². The summed E-state index contributed by atoms with van der Waals surface area (Å²) in [5, 5.41) is 3.36. The molecule has 0 amide bonds. The van der Waals surface area contributed by atoms with Crippen LogP contribution in [0, 0.1) is 23.5 Å². The predicted molar refractivity (Wildman–Crippen MR) is 59.9 cm³/mol. The summed E-state index contributed by atoms with van der Waals surface area (Å²) in [7, 11) is 0. The van der Waals surface area contributed by atoms with Crippen LogP contribution in [0.5, 0.6) is 5.75 Å². The highest BCUT2D eigenvalue weighted by Gasteiger charge is 2.38. The van der Waals surface area contributed by atoms with E-state index < -0.39 is 11.6 Å². The Morgan fingerprint density at radius 2 is 1.76 bits per heavy atom. The smallest absolute Gasteiger partial charge is 0.162 e. The topological polar surface area (TPSA) is 21.3 Å². The molecule has 2 atom stereocenters. The van der Waals surface area contributed by atoms with E-state index in [2.05, 4.69) is 5.32 Å². The van der Waals surface area contributed by atoms with Crippen LogP contribution in [0.4, 0.5) is 8.78 Å². The van der Waals surface area contributed by atoms with Crippen molar-refractivity contribution in [1.82, 2.24) is 5.32 Å². The van der Waals surface area contributed by atoms with Gasteiger partial charge in [-0.3, -0.25) is 0 Å². The summed E-state index contributed by atoms with van der Waals surface area (Å²) >= 11 is 0. The lowest BCUT2D eigenvalue weighted by molar-refractivity contribution is 0.198. The fraction of sp³-hybridized carbons (Fsp3) is 0.538. The van der Waals surface area contributed by atoms with Crippen molar-refractivity contribution in [2.24, 2.45) is 11.8 Å². The number of rotatable bonds is 2. The molecule has 0 bridgehead atoms. The largest absolute Gasteiger partial charge is 0.490 e.